The van der Waals surface area contributed by atoms with E-state index in [-0.39, 0.29) is 6.61 Å². The SMILES string of the molecule is CCCCCCCCCCC(C[O])CCCC. The molecule has 0 aliphatic heterocycles. The first-order valence-electron chi connectivity index (χ1n) is 7.93. The highest BCUT2D eigenvalue weighted by Crippen LogP contribution is 2.17. The first kappa shape index (κ1) is 17.0. The molecule has 0 aliphatic carbocycles. The van der Waals surface area contributed by atoms with E-state index >= 15 is 0 Å². The number of hydrogen-bond acceptors (Lipinski definition) is 0. The summed E-state index contributed by atoms with van der Waals surface area (Å²) >= 11 is 0. The Morgan fingerprint density at radius 2 is 1.12 bits per heavy atom. The van der Waals surface area contributed by atoms with Gasteiger partial charge in [-0.2, -0.15) is 0 Å². The molecule has 0 rings (SSSR count). The van der Waals surface area contributed by atoms with Crippen molar-refractivity contribution < 1.29 is 5.11 Å². The Bertz CT molecular complexity index is 133. The van der Waals surface area contributed by atoms with E-state index in [1.54, 1.807) is 0 Å². The lowest BCUT2D eigenvalue weighted by atomic mass is 9.96. The van der Waals surface area contributed by atoms with E-state index < -0.39 is 0 Å². The van der Waals surface area contributed by atoms with Crippen molar-refractivity contribution >= 4 is 0 Å². The van der Waals surface area contributed by atoms with E-state index in [0.29, 0.717) is 5.92 Å². The minimum absolute atomic E-state index is 0.149. The lowest BCUT2D eigenvalue weighted by molar-refractivity contribution is 0.131. The van der Waals surface area contributed by atoms with E-state index in [2.05, 4.69) is 13.8 Å². The predicted molar refractivity (Wildman–Crippen MR) is 75.8 cm³/mol. The van der Waals surface area contributed by atoms with Gasteiger partial charge in [-0.25, -0.2) is 5.11 Å². The maximum absolute atomic E-state index is 11.0. The normalized spacial score (nSPS) is 12.9. The van der Waals surface area contributed by atoms with Crippen LogP contribution in [0.3, 0.4) is 0 Å². The quantitative estimate of drug-likeness (QED) is 0.366. The second-order valence-electron chi connectivity index (χ2n) is 5.44. The molecule has 0 N–H and O–H groups in total. The first-order chi connectivity index (χ1) is 8.35. The third-order valence-electron chi connectivity index (χ3n) is 3.67. The Morgan fingerprint density at radius 1 is 0.647 bits per heavy atom. The average Bonchev–Trinajstić information content (AvgIpc) is 2.36. The molecule has 1 atom stereocenters. The minimum atomic E-state index is 0.149. The van der Waals surface area contributed by atoms with Gasteiger partial charge < -0.3 is 0 Å². The van der Waals surface area contributed by atoms with Gasteiger partial charge in [0, 0.05) is 0 Å². The summed E-state index contributed by atoms with van der Waals surface area (Å²) in [5, 5.41) is 11.0. The average molecular weight is 241 g/mol. The Kier molecular flexibility index (Phi) is 14.0. The van der Waals surface area contributed by atoms with Crippen LogP contribution in [0.5, 0.6) is 0 Å². The van der Waals surface area contributed by atoms with Gasteiger partial charge in [0.2, 0.25) is 0 Å². The molecule has 0 aromatic carbocycles. The van der Waals surface area contributed by atoms with Crippen molar-refractivity contribution in [2.24, 2.45) is 5.92 Å². The molecule has 0 heterocycles. The maximum atomic E-state index is 11.0. The monoisotopic (exact) mass is 241 g/mol. The fourth-order valence-corrected chi connectivity index (χ4v) is 2.37. The van der Waals surface area contributed by atoms with Crippen LogP contribution < -0.4 is 0 Å². The molecule has 0 spiro atoms. The highest BCUT2D eigenvalue weighted by atomic mass is 16.3. The Balaban J connectivity index is 3.19. The topological polar surface area (TPSA) is 19.9 Å². The zero-order valence-electron chi connectivity index (χ0n) is 12.2. The molecule has 0 aliphatic rings. The van der Waals surface area contributed by atoms with Gasteiger partial charge in [0.1, 0.15) is 0 Å². The van der Waals surface area contributed by atoms with Gasteiger partial charge in [0.15, 0.2) is 0 Å². The van der Waals surface area contributed by atoms with Gasteiger partial charge in [-0.05, 0) is 18.8 Å². The summed E-state index contributed by atoms with van der Waals surface area (Å²) in [6, 6.07) is 0. The standard InChI is InChI=1S/C16H33O/c1-3-5-7-8-9-10-11-12-14-16(15-17)13-6-4-2/h16H,3-15H2,1-2H3. The maximum Gasteiger partial charge on any atom is 0.0850 e. The molecule has 0 amide bonds. The second kappa shape index (κ2) is 14.0. The van der Waals surface area contributed by atoms with Crippen molar-refractivity contribution in [2.45, 2.75) is 90.9 Å². The van der Waals surface area contributed by atoms with Gasteiger partial charge in [0.25, 0.3) is 0 Å². The summed E-state index contributed by atoms with van der Waals surface area (Å²) in [6.45, 7) is 4.62. The van der Waals surface area contributed by atoms with Crippen LogP contribution in [0.15, 0.2) is 0 Å². The first-order valence-corrected chi connectivity index (χ1v) is 7.93. The van der Waals surface area contributed by atoms with Crippen LogP contribution in [0.4, 0.5) is 0 Å². The zero-order chi connectivity index (χ0) is 12.8. The van der Waals surface area contributed by atoms with E-state index in [4.69, 9.17) is 0 Å². The van der Waals surface area contributed by atoms with Crippen LogP contribution in [-0.2, 0) is 5.11 Å². The van der Waals surface area contributed by atoms with Gasteiger partial charge in [-0.15, -0.1) is 0 Å². The van der Waals surface area contributed by atoms with Crippen LogP contribution in [0.1, 0.15) is 90.9 Å². The third kappa shape index (κ3) is 12.2. The molecule has 17 heavy (non-hydrogen) atoms. The minimum Gasteiger partial charge on any atom is -0.236 e. The van der Waals surface area contributed by atoms with Crippen LogP contribution >= 0.6 is 0 Å². The highest BCUT2D eigenvalue weighted by molar-refractivity contribution is 4.58. The molecule has 0 bridgehead atoms. The van der Waals surface area contributed by atoms with Crippen molar-refractivity contribution in [3.63, 3.8) is 0 Å². The molecule has 1 unspecified atom stereocenters. The Hall–Kier alpha value is -0.0400. The van der Waals surface area contributed by atoms with Crippen LogP contribution in [0.2, 0.25) is 0 Å². The zero-order valence-corrected chi connectivity index (χ0v) is 12.2. The van der Waals surface area contributed by atoms with Crippen molar-refractivity contribution in [1.82, 2.24) is 0 Å². The van der Waals surface area contributed by atoms with Crippen LogP contribution in [0.25, 0.3) is 0 Å². The van der Waals surface area contributed by atoms with E-state index in [9.17, 15) is 5.11 Å². The molecule has 0 saturated heterocycles. The molecule has 1 nitrogen and oxygen atoms in total. The Labute approximate surface area is 109 Å². The van der Waals surface area contributed by atoms with Gasteiger partial charge >= 0.3 is 0 Å². The molecule has 1 radical (unpaired) electrons. The molecule has 103 valence electrons. The van der Waals surface area contributed by atoms with Gasteiger partial charge in [-0.1, -0.05) is 78.1 Å². The fraction of sp³-hybridized carbons (Fsp3) is 1.00. The van der Waals surface area contributed by atoms with Gasteiger partial charge in [0.05, 0.1) is 6.61 Å². The van der Waals surface area contributed by atoms with Crippen molar-refractivity contribution in [3.8, 4) is 0 Å². The smallest absolute Gasteiger partial charge is 0.0850 e. The van der Waals surface area contributed by atoms with E-state index in [0.717, 1.165) is 6.42 Å². The summed E-state index contributed by atoms with van der Waals surface area (Å²) in [5.74, 6) is 0.468. The molecular weight excluding hydrogens is 208 g/mol. The fourth-order valence-electron chi connectivity index (χ4n) is 2.37. The molecule has 1 heteroatoms. The van der Waals surface area contributed by atoms with Crippen molar-refractivity contribution in [3.05, 3.63) is 0 Å². The number of hydrogen-bond donors (Lipinski definition) is 0. The lowest BCUT2D eigenvalue weighted by Gasteiger charge is -2.12. The van der Waals surface area contributed by atoms with Crippen LogP contribution in [0, 0.1) is 5.92 Å². The number of rotatable bonds is 13. The molecular formula is C16H33O. The molecule has 0 aromatic rings. The van der Waals surface area contributed by atoms with E-state index in [1.165, 1.54) is 70.6 Å². The molecule has 0 fully saturated rings. The summed E-state index contributed by atoms with van der Waals surface area (Å²) in [6.07, 6.45) is 15.8. The summed E-state index contributed by atoms with van der Waals surface area (Å²) in [7, 11) is 0. The van der Waals surface area contributed by atoms with Crippen molar-refractivity contribution in [2.75, 3.05) is 6.61 Å². The van der Waals surface area contributed by atoms with Gasteiger partial charge in [-0.3, -0.25) is 0 Å². The summed E-state index contributed by atoms with van der Waals surface area (Å²) in [5.41, 5.74) is 0. The second-order valence-corrected chi connectivity index (χ2v) is 5.44. The number of unbranched alkanes of at least 4 members (excludes halogenated alkanes) is 8. The van der Waals surface area contributed by atoms with Crippen LogP contribution in [-0.4, -0.2) is 6.61 Å². The van der Waals surface area contributed by atoms with E-state index in [1.807, 2.05) is 0 Å². The largest absolute Gasteiger partial charge is 0.236 e. The predicted octanol–water partition coefficient (Wildman–Crippen LogP) is 5.75. The molecule has 0 aromatic heterocycles. The van der Waals surface area contributed by atoms with Crippen molar-refractivity contribution in [1.29, 1.82) is 0 Å². The summed E-state index contributed by atoms with van der Waals surface area (Å²) < 4.78 is 0. The highest BCUT2D eigenvalue weighted by Gasteiger charge is 2.06. The lowest BCUT2D eigenvalue weighted by Crippen LogP contribution is -2.04. The molecule has 0 saturated carbocycles. The summed E-state index contributed by atoms with van der Waals surface area (Å²) in [4.78, 5) is 0. The third-order valence-corrected chi connectivity index (χ3v) is 3.67. The Morgan fingerprint density at radius 3 is 1.65 bits per heavy atom.